The van der Waals surface area contributed by atoms with Crippen molar-refractivity contribution >= 4 is 18.3 Å². The van der Waals surface area contributed by atoms with Crippen molar-refractivity contribution in [3.8, 4) is 11.5 Å². The van der Waals surface area contributed by atoms with Gasteiger partial charge in [-0.2, -0.15) is 0 Å². The van der Waals surface area contributed by atoms with Gasteiger partial charge in [0.15, 0.2) is 11.5 Å². The number of carbonyl (C=O) groups is 1. The summed E-state index contributed by atoms with van der Waals surface area (Å²) < 4.78 is 11.1. The first-order chi connectivity index (χ1) is 11.5. The fourth-order valence-electron chi connectivity index (χ4n) is 3.11. The normalized spacial score (nSPS) is 15.0. The van der Waals surface area contributed by atoms with Gasteiger partial charge in [0.1, 0.15) is 0 Å². The Morgan fingerprint density at radius 1 is 1.28 bits per heavy atom. The number of hydrogen-bond donors (Lipinski definition) is 1. The van der Waals surface area contributed by atoms with Crippen molar-refractivity contribution in [3.63, 3.8) is 0 Å². The van der Waals surface area contributed by atoms with Gasteiger partial charge in [0, 0.05) is 18.7 Å². The third kappa shape index (κ3) is 6.08. The number of hydrogen-bond acceptors (Lipinski definition) is 4. The minimum absolute atomic E-state index is 0. The third-order valence-electron chi connectivity index (χ3n) is 4.48. The molecule has 25 heavy (non-hydrogen) atoms. The van der Waals surface area contributed by atoms with E-state index in [1.807, 2.05) is 37.9 Å². The predicted molar refractivity (Wildman–Crippen MR) is 103 cm³/mol. The fraction of sp³-hybridized carbons (Fsp3) is 0.632. The summed E-state index contributed by atoms with van der Waals surface area (Å²) in [5, 5.41) is 3.20. The van der Waals surface area contributed by atoms with E-state index in [1.54, 1.807) is 13.2 Å². The van der Waals surface area contributed by atoms with Crippen molar-refractivity contribution in [2.24, 2.45) is 5.92 Å². The summed E-state index contributed by atoms with van der Waals surface area (Å²) in [6, 6.07) is 5.44. The Balaban J connectivity index is 0.00000312. The Bertz CT molecular complexity index is 543. The first-order valence-electron chi connectivity index (χ1n) is 8.83. The zero-order valence-corrected chi connectivity index (χ0v) is 16.5. The maximum Gasteiger partial charge on any atom is 0.253 e. The Labute approximate surface area is 157 Å². The smallest absolute Gasteiger partial charge is 0.253 e. The standard InChI is InChI=1S/C19H30N2O3.ClH/c1-14(2)24-17-6-5-16(13-18(17)23-4)19(22)21-11-8-15(9-12-21)7-10-20-3;/h5-6,13-15,20H,7-12H2,1-4H3;1H. The molecule has 5 nitrogen and oxygen atoms in total. The quantitative estimate of drug-likeness (QED) is 0.799. The summed E-state index contributed by atoms with van der Waals surface area (Å²) in [6.07, 6.45) is 3.42. The first kappa shape index (κ1) is 21.6. The Hall–Kier alpha value is -1.46. The van der Waals surface area contributed by atoms with Gasteiger partial charge in [-0.05, 0) is 70.8 Å². The average Bonchev–Trinajstić information content (AvgIpc) is 2.59. The molecule has 1 aliphatic heterocycles. The molecule has 1 amide bonds. The van der Waals surface area contributed by atoms with Crippen LogP contribution in [0.25, 0.3) is 0 Å². The molecule has 0 aromatic heterocycles. The molecule has 1 heterocycles. The maximum atomic E-state index is 12.7. The molecule has 0 unspecified atom stereocenters. The summed E-state index contributed by atoms with van der Waals surface area (Å²) >= 11 is 0. The predicted octanol–water partition coefficient (Wildman–Crippen LogP) is 3.37. The maximum absolute atomic E-state index is 12.7. The second-order valence-corrected chi connectivity index (χ2v) is 6.66. The molecule has 0 radical (unpaired) electrons. The lowest BCUT2D eigenvalue weighted by Crippen LogP contribution is -2.39. The van der Waals surface area contributed by atoms with Crippen LogP contribution in [0.3, 0.4) is 0 Å². The second-order valence-electron chi connectivity index (χ2n) is 6.66. The van der Waals surface area contributed by atoms with Crippen molar-refractivity contribution in [1.29, 1.82) is 0 Å². The van der Waals surface area contributed by atoms with Crippen molar-refractivity contribution in [3.05, 3.63) is 23.8 Å². The topological polar surface area (TPSA) is 50.8 Å². The third-order valence-corrected chi connectivity index (χ3v) is 4.48. The number of amides is 1. The van der Waals surface area contributed by atoms with Crippen molar-refractivity contribution in [2.45, 2.75) is 39.2 Å². The Kier molecular flexibility index (Phi) is 9.08. The highest BCUT2D eigenvalue weighted by atomic mass is 35.5. The zero-order chi connectivity index (χ0) is 17.5. The highest BCUT2D eigenvalue weighted by Crippen LogP contribution is 2.30. The minimum atomic E-state index is 0. The molecule has 1 aromatic carbocycles. The van der Waals surface area contributed by atoms with Gasteiger partial charge >= 0.3 is 0 Å². The van der Waals surface area contributed by atoms with E-state index in [1.165, 1.54) is 6.42 Å². The molecule has 6 heteroatoms. The van der Waals surface area contributed by atoms with E-state index >= 15 is 0 Å². The number of nitrogens with zero attached hydrogens (tertiary/aromatic N) is 1. The van der Waals surface area contributed by atoms with Gasteiger partial charge < -0.3 is 19.7 Å². The Morgan fingerprint density at radius 2 is 1.96 bits per heavy atom. The minimum Gasteiger partial charge on any atom is -0.493 e. The summed E-state index contributed by atoms with van der Waals surface area (Å²) in [5.74, 6) is 2.09. The molecule has 0 bridgehead atoms. The van der Waals surface area contributed by atoms with Crippen LogP contribution in [-0.2, 0) is 0 Å². The first-order valence-corrected chi connectivity index (χ1v) is 8.83. The second kappa shape index (κ2) is 10.5. The van der Waals surface area contributed by atoms with Gasteiger partial charge in [-0.15, -0.1) is 12.4 Å². The number of rotatable bonds is 7. The summed E-state index contributed by atoms with van der Waals surface area (Å²) in [7, 11) is 3.59. The number of nitrogens with one attached hydrogen (secondary N) is 1. The number of ether oxygens (including phenoxy) is 2. The van der Waals surface area contributed by atoms with Gasteiger partial charge in [0.2, 0.25) is 0 Å². The molecule has 0 saturated carbocycles. The summed E-state index contributed by atoms with van der Waals surface area (Å²) in [4.78, 5) is 14.7. The molecule has 1 aliphatic rings. The van der Waals surface area contributed by atoms with E-state index in [-0.39, 0.29) is 24.4 Å². The SMILES string of the molecule is CNCCC1CCN(C(=O)c2ccc(OC(C)C)c(OC)c2)CC1.Cl. The molecular weight excluding hydrogens is 340 g/mol. The molecule has 2 rings (SSSR count). The lowest BCUT2D eigenvalue weighted by atomic mass is 9.93. The van der Waals surface area contributed by atoms with Crippen LogP contribution in [0.4, 0.5) is 0 Å². The Morgan fingerprint density at radius 3 is 2.52 bits per heavy atom. The molecule has 142 valence electrons. The zero-order valence-electron chi connectivity index (χ0n) is 15.7. The van der Waals surface area contributed by atoms with E-state index in [4.69, 9.17) is 9.47 Å². The van der Waals surface area contributed by atoms with E-state index in [9.17, 15) is 4.79 Å². The van der Waals surface area contributed by atoms with Crippen molar-refractivity contribution < 1.29 is 14.3 Å². The number of methoxy groups -OCH3 is 1. The van der Waals surface area contributed by atoms with E-state index in [0.717, 1.165) is 38.4 Å². The van der Waals surface area contributed by atoms with Crippen LogP contribution in [0.15, 0.2) is 18.2 Å². The van der Waals surface area contributed by atoms with Crippen molar-refractivity contribution in [2.75, 3.05) is 33.8 Å². The fourth-order valence-corrected chi connectivity index (χ4v) is 3.11. The number of benzene rings is 1. The van der Waals surface area contributed by atoms with Crippen LogP contribution >= 0.6 is 12.4 Å². The highest BCUT2D eigenvalue weighted by molar-refractivity contribution is 5.95. The van der Waals surface area contributed by atoms with E-state index < -0.39 is 0 Å². The number of carbonyl (C=O) groups excluding carboxylic acids is 1. The molecule has 0 spiro atoms. The molecule has 1 saturated heterocycles. The van der Waals surface area contributed by atoms with Gasteiger partial charge in [-0.3, -0.25) is 4.79 Å². The molecular formula is C19H31ClN2O3. The van der Waals surface area contributed by atoms with Crippen LogP contribution in [0.2, 0.25) is 0 Å². The number of piperidine rings is 1. The van der Waals surface area contributed by atoms with E-state index in [2.05, 4.69) is 5.32 Å². The van der Waals surface area contributed by atoms with Crippen molar-refractivity contribution in [1.82, 2.24) is 10.2 Å². The summed E-state index contributed by atoms with van der Waals surface area (Å²) in [6.45, 7) is 6.65. The van der Waals surface area contributed by atoms with Gasteiger partial charge in [-0.25, -0.2) is 0 Å². The van der Waals surface area contributed by atoms with Crippen LogP contribution in [0.5, 0.6) is 11.5 Å². The van der Waals surface area contributed by atoms with Gasteiger partial charge in [-0.1, -0.05) is 0 Å². The number of likely N-dealkylation sites (tertiary alicyclic amines) is 1. The average molecular weight is 371 g/mol. The molecule has 0 atom stereocenters. The molecule has 0 aliphatic carbocycles. The van der Waals surface area contributed by atoms with Gasteiger partial charge in [0.25, 0.3) is 5.91 Å². The number of halogens is 1. The van der Waals surface area contributed by atoms with Gasteiger partial charge in [0.05, 0.1) is 13.2 Å². The lowest BCUT2D eigenvalue weighted by Gasteiger charge is -2.32. The largest absolute Gasteiger partial charge is 0.493 e. The summed E-state index contributed by atoms with van der Waals surface area (Å²) in [5.41, 5.74) is 0.664. The lowest BCUT2D eigenvalue weighted by molar-refractivity contribution is 0.0686. The van der Waals surface area contributed by atoms with Crippen LogP contribution in [-0.4, -0.2) is 50.7 Å². The molecule has 1 aromatic rings. The molecule has 1 N–H and O–H groups in total. The molecule has 1 fully saturated rings. The van der Waals surface area contributed by atoms with Crippen LogP contribution in [0, 0.1) is 5.92 Å². The van der Waals surface area contributed by atoms with Crippen LogP contribution in [0.1, 0.15) is 43.5 Å². The van der Waals surface area contributed by atoms with E-state index in [0.29, 0.717) is 17.1 Å². The highest BCUT2D eigenvalue weighted by Gasteiger charge is 2.24. The monoisotopic (exact) mass is 370 g/mol. The van der Waals surface area contributed by atoms with Crippen LogP contribution < -0.4 is 14.8 Å².